The number of phenolic OH excluding ortho intramolecular Hbond substituents is 1. The van der Waals surface area contributed by atoms with Crippen LogP contribution in [0.2, 0.25) is 5.02 Å². The molecule has 1 unspecified atom stereocenters. The predicted molar refractivity (Wildman–Crippen MR) is 77.7 cm³/mol. The van der Waals surface area contributed by atoms with E-state index in [0.717, 1.165) is 38.1 Å². The van der Waals surface area contributed by atoms with Gasteiger partial charge < -0.3 is 9.84 Å². The maximum Gasteiger partial charge on any atom is 0.120 e. The van der Waals surface area contributed by atoms with Crippen molar-refractivity contribution in [1.29, 1.82) is 0 Å². The van der Waals surface area contributed by atoms with Gasteiger partial charge in [-0.05, 0) is 57.0 Å². The number of hydrogen-bond acceptors (Lipinski definition) is 3. The van der Waals surface area contributed by atoms with Crippen LogP contribution in [-0.4, -0.2) is 36.8 Å². The highest BCUT2D eigenvalue weighted by atomic mass is 35.5. The Morgan fingerprint density at radius 2 is 2.11 bits per heavy atom. The molecule has 2 rings (SSSR count). The summed E-state index contributed by atoms with van der Waals surface area (Å²) in [4.78, 5) is 2.40. The molecule has 0 saturated carbocycles. The smallest absolute Gasteiger partial charge is 0.120 e. The number of methoxy groups -OCH3 is 1. The summed E-state index contributed by atoms with van der Waals surface area (Å²) in [5.74, 6) is 0.998. The summed E-state index contributed by atoms with van der Waals surface area (Å²) in [6.07, 6.45) is 2.30. The van der Waals surface area contributed by atoms with Gasteiger partial charge in [0, 0.05) is 30.3 Å². The number of nitrogens with zero attached hydrogens (tertiary/aromatic N) is 1. The molecule has 4 heteroatoms. The molecule has 1 N–H and O–H groups in total. The summed E-state index contributed by atoms with van der Waals surface area (Å²) in [6.45, 7) is 5.06. The summed E-state index contributed by atoms with van der Waals surface area (Å²) in [5.41, 5.74) is 0.915. The summed E-state index contributed by atoms with van der Waals surface area (Å²) in [7, 11) is 1.76. The molecule has 19 heavy (non-hydrogen) atoms. The average molecular weight is 284 g/mol. The highest BCUT2D eigenvalue weighted by molar-refractivity contribution is 6.30. The summed E-state index contributed by atoms with van der Waals surface area (Å²) in [6, 6.07) is 5.45. The fourth-order valence-corrected chi connectivity index (χ4v) is 2.98. The summed E-state index contributed by atoms with van der Waals surface area (Å²) >= 11 is 6.02. The van der Waals surface area contributed by atoms with Gasteiger partial charge in [0.1, 0.15) is 5.75 Å². The number of phenols is 1. The molecular formula is C15H22ClNO2. The molecule has 0 amide bonds. The minimum Gasteiger partial charge on any atom is -0.508 e. The van der Waals surface area contributed by atoms with Crippen LogP contribution in [0.25, 0.3) is 0 Å². The van der Waals surface area contributed by atoms with Gasteiger partial charge in [0.05, 0.1) is 0 Å². The van der Waals surface area contributed by atoms with E-state index in [9.17, 15) is 5.11 Å². The fourth-order valence-electron chi connectivity index (χ4n) is 2.80. The van der Waals surface area contributed by atoms with Crippen LogP contribution in [0.15, 0.2) is 18.2 Å². The third-order valence-corrected chi connectivity index (χ3v) is 4.27. The number of piperidine rings is 1. The SMILES string of the molecule is COCC1CCN(C(C)c2cc(Cl)ccc2O)CC1. The minimum atomic E-state index is 0.196. The van der Waals surface area contributed by atoms with Gasteiger partial charge in [-0.25, -0.2) is 0 Å². The van der Waals surface area contributed by atoms with Gasteiger partial charge in [0.2, 0.25) is 0 Å². The first-order valence-corrected chi connectivity index (χ1v) is 7.21. The molecule has 0 aromatic heterocycles. The standard InChI is InChI=1S/C15H22ClNO2/c1-11(14-9-13(16)3-4-15(14)18)17-7-5-12(6-8-17)10-19-2/h3-4,9,11-12,18H,5-8,10H2,1-2H3. The third-order valence-electron chi connectivity index (χ3n) is 4.04. The van der Waals surface area contributed by atoms with Crippen LogP contribution in [0.5, 0.6) is 5.75 Å². The lowest BCUT2D eigenvalue weighted by Crippen LogP contribution is -2.36. The number of aromatic hydroxyl groups is 1. The number of hydrogen-bond donors (Lipinski definition) is 1. The van der Waals surface area contributed by atoms with Crippen LogP contribution in [-0.2, 0) is 4.74 Å². The van der Waals surface area contributed by atoms with E-state index in [-0.39, 0.29) is 6.04 Å². The topological polar surface area (TPSA) is 32.7 Å². The second-order valence-corrected chi connectivity index (χ2v) is 5.75. The molecule has 3 nitrogen and oxygen atoms in total. The zero-order valence-electron chi connectivity index (χ0n) is 11.6. The van der Waals surface area contributed by atoms with Crippen molar-refractivity contribution in [3.05, 3.63) is 28.8 Å². The molecule has 1 aliphatic rings. The van der Waals surface area contributed by atoms with Crippen LogP contribution < -0.4 is 0 Å². The predicted octanol–water partition coefficient (Wildman–Crippen LogP) is 3.47. The molecule has 0 aliphatic carbocycles. The number of ether oxygens (including phenoxy) is 1. The van der Waals surface area contributed by atoms with E-state index in [1.54, 1.807) is 19.2 Å². The average Bonchev–Trinajstić information content (AvgIpc) is 2.42. The Morgan fingerprint density at radius 1 is 1.42 bits per heavy atom. The first kappa shape index (κ1) is 14.6. The van der Waals surface area contributed by atoms with Crippen molar-refractivity contribution >= 4 is 11.6 Å². The van der Waals surface area contributed by atoms with Gasteiger partial charge >= 0.3 is 0 Å². The van der Waals surface area contributed by atoms with Gasteiger partial charge in [-0.3, -0.25) is 4.90 Å². The Morgan fingerprint density at radius 3 is 2.74 bits per heavy atom. The van der Waals surface area contributed by atoms with Crippen molar-refractivity contribution in [2.24, 2.45) is 5.92 Å². The maximum atomic E-state index is 9.97. The molecule has 1 aromatic rings. The molecular weight excluding hydrogens is 262 g/mol. The second-order valence-electron chi connectivity index (χ2n) is 5.31. The molecule has 1 fully saturated rings. The Labute approximate surface area is 120 Å². The van der Waals surface area contributed by atoms with Gasteiger partial charge in [-0.2, -0.15) is 0 Å². The molecule has 1 aliphatic heterocycles. The van der Waals surface area contributed by atoms with Crippen molar-refractivity contribution in [3.8, 4) is 5.75 Å². The van der Waals surface area contributed by atoms with Crippen molar-refractivity contribution in [1.82, 2.24) is 4.90 Å². The highest BCUT2D eigenvalue weighted by Crippen LogP contribution is 2.33. The van der Waals surface area contributed by atoms with Crippen LogP contribution in [0, 0.1) is 5.92 Å². The summed E-state index contributed by atoms with van der Waals surface area (Å²) in [5, 5.41) is 10.6. The lowest BCUT2D eigenvalue weighted by Gasteiger charge is -2.36. The monoisotopic (exact) mass is 283 g/mol. The summed E-state index contributed by atoms with van der Waals surface area (Å²) < 4.78 is 5.22. The van der Waals surface area contributed by atoms with Gasteiger partial charge in [-0.15, -0.1) is 0 Å². The molecule has 1 atom stereocenters. The number of halogens is 1. The van der Waals surface area contributed by atoms with E-state index in [1.165, 1.54) is 0 Å². The first-order valence-electron chi connectivity index (χ1n) is 6.83. The Hall–Kier alpha value is -0.770. The maximum absolute atomic E-state index is 9.97. The van der Waals surface area contributed by atoms with E-state index < -0.39 is 0 Å². The fraction of sp³-hybridized carbons (Fsp3) is 0.600. The molecule has 0 bridgehead atoms. The molecule has 0 radical (unpaired) electrons. The minimum absolute atomic E-state index is 0.196. The van der Waals surface area contributed by atoms with Crippen molar-refractivity contribution < 1.29 is 9.84 Å². The van der Waals surface area contributed by atoms with E-state index in [0.29, 0.717) is 16.7 Å². The van der Waals surface area contributed by atoms with E-state index in [4.69, 9.17) is 16.3 Å². The van der Waals surface area contributed by atoms with Crippen molar-refractivity contribution in [3.63, 3.8) is 0 Å². The van der Waals surface area contributed by atoms with Gasteiger partial charge in [0.15, 0.2) is 0 Å². The molecule has 1 aromatic carbocycles. The van der Waals surface area contributed by atoms with Gasteiger partial charge in [0.25, 0.3) is 0 Å². The van der Waals surface area contributed by atoms with Gasteiger partial charge in [-0.1, -0.05) is 11.6 Å². The number of likely N-dealkylation sites (tertiary alicyclic amines) is 1. The largest absolute Gasteiger partial charge is 0.508 e. The zero-order valence-corrected chi connectivity index (χ0v) is 12.4. The van der Waals surface area contributed by atoms with E-state index >= 15 is 0 Å². The molecule has 106 valence electrons. The molecule has 1 saturated heterocycles. The zero-order chi connectivity index (χ0) is 13.8. The normalized spacial score (nSPS) is 19.5. The quantitative estimate of drug-likeness (QED) is 0.918. The Bertz CT molecular complexity index is 417. The van der Waals surface area contributed by atoms with Crippen LogP contribution in [0.3, 0.4) is 0 Å². The lowest BCUT2D eigenvalue weighted by molar-refractivity contribution is 0.0828. The highest BCUT2D eigenvalue weighted by Gasteiger charge is 2.24. The van der Waals surface area contributed by atoms with E-state index in [2.05, 4.69) is 11.8 Å². The van der Waals surface area contributed by atoms with Crippen molar-refractivity contribution in [2.45, 2.75) is 25.8 Å². The van der Waals surface area contributed by atoms with Crippen LogP contribution >= 0.6 is 11.6 Å². The van der Waals surface area contributed by atoms with Crippen LogP contribution in [0.1, 0.15) is 31.4 Å². The Balaban J connectivity index is 2.01. The second kappa shape index (κ2) is 6.60. The molecule has 0 spiro atoms. The first-order chi connectivity index (χ1) is 9.11. The number of benzene rings is 1. The lowest BCUT2D eigenvalue weighted by atomic mass is 9.95. The third kappa shape index (κ3) is 3.62. The number of rotatable bonds is 4. The Kier molecular flexibility index (Phi) is 5.08. The van der Waals surface area contributed by atoms with E-state index in [1.807, 2.05) is 6.07 Å². The molecule has 1 heterocycles. The van der Waals surface area contributed by atoms with Crippen molar-refractivity contribution in [2.75, 3.05) is 26.8 Å². The van der Waals surface area contributed by atoms with Crippen LogP contribution in [0.4, 0.5) is 0 Å².